The van der Waals surface area contributed by atoms with E-state index >= 15 is 0 Å². The number of amides is 1. The second kappa shape index (κ2) is 7.53. The van der Waals surface area contributed by atoms with E-state index in [2.05, 4.69) is 23.9 Å². The number of benzene rings is 1. The molecule has 0 saturated carbocycles. The molecule has 4 atom stereocenters. The number of hydrogen-bond acceptors (Lipinski definition) is 3. The van der Waals surface area contributed by atoms with E-state index < -0.39 is 5.92 Å². The Morgan fingerprint density at radius 1 is 1.11 bits per heavy atom. The molecule has 0 N–H and O–H groups in total. The fourth-order valence-electron chi connectivity index (χ4n) is 4.61. The molecule has 148 valence electrons. The lowest BCUT2D eigenvalue weighted by atomic mass is 9.85. The van der Waals surface area contributed by atoms with Gasteiger partial charge >= 0.3 is 0 Å². The van der Waals surface area contributed by atoms with Crippen LogP contribution in [0.3, 0.4) is 0 Å². The van der Waals surface area contributed by atoms with Gasteiger partial charge in [0.1, 0.15) is 5.92 Å². The Balaban J connectivity index is 1.77. The van der Waals surface area contributed by atoms with Gasteiger partial charge in [0.25, 0.3) is 0 Å². The molecule has 0 spiro atoms. The van der Waals surface area contributed by atoms with E-state index in [1.165, 1.54) is 0 Å². The molecule has 2 aromatic rings. The lowest BCUT2D eigenvalue weighted by molar-refractivity contribution is -0.137. The zero-order valence-corrected chi connectivity index (χ0v) is 17.8. The number of halogens is 2. The van der Waals surface area contributed by atoms with E-state index in [1.54, 1.807) is 12.3 Å². The van der Waals surface area contributed by atoms with Crippen molar-refractivity contribution >= 4 is 40.6 Å². The maximum absolute atomic E-state index is 13.7. The summed E-state index contributed by atoms with van der Waals surface area (Å²) in [5, 5.41) is 5.44. The van der Waals surface area contributed by atoms with Crippen LogP contribution in [0.4, 0.5) is 5.82 Å². The number of rotatable bonds is 2. The number of piperidine rings is 1. The Morgan fingerprint density at radius 2 is 1.82 bits per heavy atom. The minimum atomic E-state index is -0.415. The number of carbonyl (C=O) groups is 1. The monoisotopic (exact) mass is 418 g/mol. The van der Waals surface area contributed by atoms with Gasteiger partial charge in [-0.15, -0.1) is 0 Å². The predicted octanol–water partition coefficient (Wildman–Crippen LogP) is 5.01. The van der Waals surface area contributed by atoms with E-state index in [1.807, 2.05) is 34.7 Å². The third-order valence-electron chi connectivity index (χ3n) is 5.70. The second-order valence-electron chi connectivity index (χ2n) is 8.17. The van der Waals surface area contributed by atoms with Crippen LogP contribution in [0.25, 0.3) is 0 Å². The highest BCUT2D eigenvalue weighted by atomic mass is 35.5. The summed E-state index contributed by atoms with van der Waals surface area (Å²) < 4.78 is 1.83. The molecular weight excluding hydrogens is 395 g/mol. The number of likely N-dealkylation sites (tertiary alicyclic amines) is 1. The van der Waals surface area contributed by atoms with Crippen molar-refractivity contribution in [1.29, 1.82) is 0 Å². The number of aliphatic imine (C=N–C) groups is 1. The van der Waals surface area contributed by atoms with E-state index in [0.717, 1.165) is 36.6 Å². The highest BCUT2D eigenvalue weighted by Gasteiger charge is 2.41. The Hall–Kier alpha value is -1.85. The quantitative estimate of drug-likeness (QED) is 0.688. The molecule has 7 heteroatoms. The SMILES string of the molecule is CC1=Nc2ccnn2C(c2ccc(Cl)c(Cl)c2)C1C(=O)N1CC(C)CC(C)C1. The number of fused-ring (bicyclic) bond motifs is 1. The third kappa shape index (κ3) is 3.46. The van der Waals surface area contributed by atoms with Gasteiger partial charge in [0, 0.05) is 24.9 Å². The average molecular weight is 419 g/mol. The standard InChI is InChI=1S/C21H24Cl2N4O/c1-12-8-13(2)11-26(10-12)21(28)19-14(3)25-18-6-7-24-27(18)20(19)15-4-5-16(22)17(23)9-15/h4-7,9,12-13,19-20H,8,10-11H2,1-3H3. The third-order valence-corrected chi connectivity index (χ3v) is 6.44. The maximum Gasteiger partial charge on any atom is 0.233 e. The first-order valence-electron chi connectivity index (χ1n) is 9.67. The number of aromatic nitrogens is 2. The normalized spacial score (nSPS) is 27.3. The van der Waals surface area contributed by atoms with Gasteiger partial charge in [-0.3, -0.25) is 4.79 Å². The van der Waals surface area contributed by atoms with Crippen molar-refractivity contribution in [3.63, 3.8) is 0 Å². The van der Waals surface area contributed by atoms with E-state index in [0.29, 0.717) is 21.9 Å². The molecule has 1 saturated heterocycles. The van der Waals surface area contributed by atoms with Crippen LogP contribution in [0, 0.1) is 17.8 Å². The molecule has 2 aliphatic rings. The second-order valence-corrected chi connectivity index (χ2v) is 8.99. The summed E-state index contributed by atoms with van der Waals surface area (Å²) in [7, 11) is 0. The highest BCUT2D eigenvalue weighted by molar-refractivity contribution is 6.42. The van der Waals surface area contributed by atoms with Gasteiger partial charge in [0.2, 0.25) is 5.91 Å². The summed E-state index contributed by atoms with van der Waals surface area (Å²) in [5.41, 5.74) is 1.71. The van der Waals surface area contributed by atoms with Crippen molar-refractivity contribution < 1.29 is 4.79 Å². The Labute approximate surface area is 175 Å². The largest absolute Gasteiger partial charge is 0.342 e. The maximum atomic E-state index is 13.7. The van der Waals surface area contributed by atoms with E-state index in [4.69, 9.17) is 23.2 Å². The van der Waals surface area contributed by atoms with Crippen molar-refractivity contribution in [2.75, 3.05) is 13.1 Å². The van der Waals surface area contributed by atoms with Crippen LogP contribution in [0.5, 0.6) is 0 Å². The van der Waals surface area contributed by atoms with Gasteiger partial charge in [0.15, 0.2) is 5.82 Å². The number of hydrogen-bond donors (Lipinski definition) is 0. The average Bonchev–Trinajstić information content (AvgIpc) is 3.09. The zero-order valence-electron chi connectivity index (χ0n) is 16.3. The molecular formula is C21H24Cl2N4O. The summed E-state index contributed by atoms with van der Waals surface area (Å²) in [6, 6.07) is 7.10. The fourth-order valence-corrected chi connectivity index (χ4v) is 4.92. The summed E-state index contributed by atoms with van der Waals surface area (Å²) in [6.07, 6.45) is 2.87. The Bertz CT molecular complexity index is 928. The van der Waals surface area contributed by atoms with Gasteiger partial charge in [-0.2, -0.15) is 5.10 Å². The minimum Gasteiger partial charge on any atom is -0.342 e. The zero-order chi connectivity index (χ0) is 20.0. The van der Waals surface area contributed by atoms with E-state index in [9.17, 15) is 4.79 Å². The van der Waals surface area contributed by atoms with Crippen LogP contribution in [0.15, 0.2) is 35.5 Å². The lowest BCUT2D eigenvalue weighted by Gasteiger charge is -2.39. The molecule has 1 amide bonds. The first-order chi connectivity index (χ1) is 13.3. The lowest BCUT2D eigenvalue weighted by Crippen LogP contribution is -2.49. The molecule has 1 aromatic heterocycles. The fraction of sp³-hybridized carbons (Fsp3) is 0.476. The molecule has 2 aliphatic heterocycles. The summed E-state index contributed by atoms with van der Waals surface area (Å²) in [4.78, 5) is 20.3. The molecule has 5 nitrogen and oxygen atoms in total. The Morgan fingerprint density at radius 3 is 2.50 bits per heavy atom. The van der Waals surface area contributed by atoms with Gasteiger partial charge in [-0.25, -0.2) is 9.67 Å². The van der Waals surface area contributed by atoms with E-state index in [-0.39, 0.29) is 11.9 Å². The number of nitrogens with zero attached hydrogens (tertiary/aromatic N) is 4. The van der Waals surface area contributed by atoms with Crippen molar-refractivity contribution in [2.45, 2.75) is 33.2 Å². The molecule has 0 aliphatic carbocycles. The van der Waals surface area contributed by atoms with Crippen LogP contribution < -0.4 is 0 Å². The van der Waals surface area contributed by atoms with Crippen molar-refractivity contribution in [2.24, 2.45) is 22.7 Å². The van der Waals surface area contributed by atoms with Crippen molar-refractivity contribution in [3.8, 4) is 0 Å². The first kappa shape index (κ1) is 19.5. The minimum absolute atomic E-state index is 0.108. The molecule has 3 heterocycles. The molecule has 4 unspecified atom stereocenters. The molecule has 1 aromatic carbocycles. The van der Waals surface area contributed by atoms with Crippen LogP contribution in [-0.2, 0) is 4.79 Å². The smallest absolute Gasteiger partial charge is 0.233 e. The van der Waals surface area contributed by atoms with Crippen LogP contribution in [0.2, 0.25) is 10.0 Å². The summed E-state index contributed by atoms with van der Waals surface area (Å²) in [5.74, 6) is 1.44. The summed E-state index contributed by atoms with van der Waals surface area (Å²) >= 11 is 12.4. The van der Waals surface area contributed by atoms with Crippen LogP contribution in [0.1, 0.15) is 38.8 Å². The molecule has 28 heavy (non-hydrogen) atoms. The highest BCUT2D eigenvalue weighted by Crippen LogP contribution is 2.39. The molecule has 0 radical (unpaired) electrons. The summed E-state index contributed by atoms with van der Waals surface area (Å²) in [6.45, 7) is 7.92. The van der Waals surface area contributed by atoms with Gasteiger partial charge in [0.05, 0.1) is 22.3 Å². The number of carbonyl (C=O) groups excluding carboxylic acids is 1. The Kier molecular flexibility index (Phi) is 5.23. The van der Waals surface area contributed by atoms with Crippen molar-refractivity contribution in [3.05, 3.63) is 46.1 Å². The molecule has 1 fully saturated rings. The predicted molar refractivity (Wildman–Crippen MR) is 113 cm³/mol. The first-order valence-corrected chi connectivity index (χ1v) is 10.4. The molecule has 4 rings (SSSR count). The van der Waals surface area contributed by atoms with Gasteiger partial charge in [-0.1, -0.05) is 43.1 Å². The van der Waals surface area contributed by atoms with Crippen LogP contribution in [-0.4, -0.2) is 39.4 Å². The molecule has 0 bridgehead atoms. The van der Waals surface area contributed by atoms with Crippen LogP contribution >= 0.6 is 23.2 Å². The van der Waals surface area contributed by atoms with Gasteiger partial charge in [-0.05, 0) is 42.9 Å². The van der Waals surface area contributed by atoms with Crippen molar-refractivity contribution in [1.82, 2.24) is 14.7 Å². The topological polar surface area (TPSA) is 50.5 Å². The van der Waals surface area contributed by atoms with Gasteiger partial charge < -0.3 is 4.90 Å².